The fraction of sp³-hybridized carbons (Fsp3) is 0.267. The van der Waals surface area contributed by atoms with Crippen LogP contribution in [0.15, 0.2) is 84.9 Å². The largest absolute Gasteiger partial charge is 0.466 e. The van der Waals surface area contributed by atoms with Crippen LogP contribution >= 0.6 is 24.0 Å². The average Bonchev–Trinajstić information content (AvgIpc) is 3.52. The Morgan fingerprint density at radius 3 is 2.24 bits per heavy atom. The Labute approximate surface area is 249 Å². The number of halogens is 3. The van der Waals surface area contributed by atoms with Crippen LogP contribution in [0.25, 0.3) is 0 Å². The van der Waals surface area contributed by atoms with Crippen molar-refractivity contribution in [3.8, 4) is 0 Å². The van der Waals surface area contributed by atoms with E-state index in [1.807, 2.05) is 6.07 Å². The number of para-hydroxylation sites is 2. The molecule has 0 radical (unpaired) electrons. The van der Waals surface area contributed by atoms with E-state index in [0.29, 0.717) is 23.1 Å². The lowest BCUT2D eigenvalue weighted by Crippen LogP contribution is -2.64. The molecule has 7 nitrogen and oxygen atoms in total. The van der Waals surface area contributed by atoms with Crippen molar-refractivity contribution in [2.45, 2.75) is 36.0 Å². The van der Waals surface area contributed by atoms with Gasteiger partial charge in [0.25, 0.3) is 11.8 Å². The number of nitrogens with zero attached hydrogens (tertiary/aromatic N) is 2. The SMILES string of the molecule is CCOC(=O)[C@@H]1[C@@H](C(F)(F)F)N[C@@]2(C(=O)N(Cc3ccccc3)c3ccccc32)[C@]12SC(=S)N(c1ccccc1)C2=O. The quantitative estimate of drug-likeness (QED) is 0.323. The first-order chi connectivity index (χ1) is 20.1. The van der Waals surface area contributed by atoms with Crippen molar-refractivity contribution in [2.75, 3.05) is 16.4 Å². The summed E-state index contributed by atoms with van der Waals surface area (Å²) in [5.41, 5.74) is -0.770. The molecule has 3 aliphatic rings. The number of fused-ring (bicyclic) bond motifs is 3. The van der Waals surface area contributed by atoms with Crippen LogP contribution in [0.5, 0.6) is 0 Å². The molecule has 3 aromatic carbocycles. The van der Waals surface area contributed by atoms with E-state index in [1.165, 1.54) is 17.9 Å². The molecule has 1 N–H and O–H groups in total. The highest BCUT2D eigenvalue weighted by atomic mass is 32.2. The first-order valence-electron chi connectivity index (χ1n) is 13.2. The predicted molar refractivity (Wildman–Crippen MR) is 156 cm³/mol. The zero-order chi connectivity index (χ0) is 29.9. The van der Waals surface area contributed by atoms with Crippen molar-refractivity contribution in [2.24, 2.45) is 5.92 Å². The second-order valence-electron chi connectivity index (χ2n) is 10.1. The second kappa shape index (κ2) is 10.2. The van der Waals surface area contributed by atoms with Crippen LogP contribution < -0.4 is 15.1 Å². The van der Waals surface area contributed by atoms with Crippen LogP contribution in [0.3, 0.4) is 0 Å². The Balaban J connectivity index is 1.63. The van der Waals surface area contributed by atoms with E-state index >= 15 is 0 Å². The molecule has 3 aromatic rings. The molecule has 2 amide bonds. The van der Waals surface area contributed by atoms with Crippen LogP contribution in [0.1, 0.15) is 18.1 Å². The number of nitrogens with one attached hydrogen (secondary N) is 1. The van der Waals surface area contributed by atoms with E-state index in [9.17, 15) is 27.6 Å². The molecule has 2 saturated heterocycles. The lowest BCUT2D eigenvalue weighted by molar-refractivity contribution is -0.177. The number of anilines is 2. The summed E-state index contributed by atoms with van der Waals surface area (Å²) in [4.78, 5) is 45.6. The zero-order valence-electron chi connectivity index (χ0n) is 22.1. The van der Waals surface area contributed by atoms with Gasteiger partial charge < -0.3 is 9.64 Å². The summed E-state index contributed by atoms with van der Waals surface area (Å²) in [6.45, 7) is 1.27. The molecular weight excluding hydrogens is 587 g/mol. The number of alkyl halides is 3. The first kappa shape index (κ1) is 28.4. The van der Waals surface area contributed by atoms with Crippen LogP contribution in [0.2, 0.25) is 0 Å². The number of benzene rings is 3. The normalized spacial score (nSPS) is 26.9. The molecule has 6 rings (SSSR count). The van der Waals surface area contributed by atoms with Crippen molar-refractivity contribution in [1.82, 2.24) is 5.32 Å². The van der Waals surface area contributed by atoms with Gasteiger partial charge in [-0.1, -0.05) is 90.7 Å². The molecule has 0 saturated carbocycles. The van der Waals surface area contributed by atoms with Gasteiger partial charge in [0, 0.05) is 11.3 Å². The zero-order valence-corrected chi connectivity index (χ0v) is 23.8. The molecular formula is C30H24F3N3O4S2. The number of hydrogen-bond acceptors (Lipinski definition) is 7. The molecule has 42 heavy (non-hydrogen) atoms. The van der Waals surface area contributed by atoms with Gasteiger partial charge in [-0.25, -0.2) is 0 Å². The highest BCUT2D eigenvalue weighted by molar-refractivity contribution is 8.25. The van der Waals surface area contributed by atoms with E-state index in [-0.39, 0.29) is 23.0 Å². The Kier molecular flexibility index (Phi) is 6.90. The summed E-state index contributed by atoms with van der Waals surface area (Å²) in [5.74, 6) is -5.05. The fourth-order valence-electron chi connectivity index (χ4n) is 6.28. The van der Waals surface area contributed by atoms with Gasteiger partial charge in [0.1, 0.15) is 21.0 Å². The standard InChI is InChI=1S/C30H24F3N3O4S2/c1-2-40-24(37)22-23(30(31,32)33)34-28(29(22)26(39)36(27(41)42-29)19-13-7-4-8-14-19)20-15-9-10-16-21(20)35(25(28)38)17-18-11-5-3-6-12-18/h3-16,22-23,34H,2,17H2,1H3/t22-,23-,28-,29-/m0/s1. The van der Waals surface area contributed by atoms with Crippen molar-refractivity contribution in [3.63, 3.8) is 0 Å². The van der Waals surface area contributed by atoms with Gasteiger partial charge in [-0.2, -0.15) is 13.2 Å². The molecule has 0 aromatic heterocycles. The van der Waals surface area contributed by atoms with Gasteiger partial charge in [0.05, 0.1) is 18.8 Å². The van der Waals surface area contributed by atoms with Gasteiger partial charge in [0.2, 0.25) is 0 Å². The summed E-state index contributed by atoms with van der Waals surface area (Å²) in [6, 6.07) is 21.0. The monoisotopic (exact) mass is 611 g/mol. The Bertz CT molecular complexity index is 1590. The molecule has 0 bridgehead atoms. The lowest BCUT2D eigenvalue weighted by Gasteiger charge is -2.38. The topological polar surface area (TPSA) is 79.0 Å². The third-order valence-electron chi connectivity index (χ3n) is 7.91. The van der Waals surface area contributed by atoms with Crippen LogP contribution in [-0.4, -0.2) is 45.7 Å². The highest BCUT2D eigenvalue weighted by Gasteiger charge is 2.83. The van der Waals surface area contributed by atoms with Crippen LogP contribution in [0, 0.1) is 5.92 Å². The van der Waals surface area contributed by atoms with E-state index in [1.54, 1.807) is 72.8 Å². The van der Waals surface area contributed by atoms with Crippen molar-refractivity contribution in [1.29, 1.82) is 0 Å². The molecule has 0 unspecified atom stereocenters. The maximum absolute atomic E-state index is 14.9. The minimum absolute atomic E-state index is 0.0304. The first-order valence-corrected chi connectivity index (χ1v) is 14.4. The summed E-state index contributed by atoms with van der Waals surface area (Å²) < 4.78 is 47.5. The smallest absolute Gasteiger partial charge is 0.404 e. The number of thiocarbonyl (C=S) groups is 1. The van der Waals surface area contributed by atoms with Crippen molar-refractivity contribution in [3.05, 3.63) is 96.1 Å². The maximum Gasteiger partial charge on any atom is 0.404 e. The fourth-order valence-corrected chi connectivity index (χ4v) is 8.37. The lowest BCUT2D eigenvalue weighted by atomic mass is 9.73. The molecule has 12 heteroatoms. The molecule has 3 aliphatic heterocycles. The third kappa shape index (κ3) is 3.92. The van der Waals surface area contributed by atoms with Crippen LogP contribution in [0.4, 0.5) is 24.5 Å². The number of esters is 1. The van der Waals surface area contributed by atoms with Crippen molar-refractivity contribution < 1.29 is 32.3 Å². The summed E-state index contributed by atoms with van der Waals surface area (Å²) in [5, 5.41) is 2.53. The minimum Gasteiger partial charge on any atom is -0.466 e. The number of thioether (sulfide) groups is 1. The third-order valence-corrected chi connectivity index (χ3v) is 9.75. The number of carbonyl (C=O) groups is 3. The Hall–Kier alpha value is -3.74. The molecule has 2 spiro atoms. The number of hydrogen-bond donors (Lipinski definition) is 1. The predicted octanol–water partition coefficient (Wildman–Crippen LogP) is 4.95. The van der Waals surface area contributed by atoms with Crippen molar-refractivity contribution >= 4 is 57.5 Å². The molecule has 3 heterocycles. The second-order valence-corrected chi connectivity index (χ2v) is 12.0. The van der Waals surface area contributed by atoms with E-state index in [4.69, 9.17) is 17.0 Å². The number of amides is 2. The van der Waals surface area contributed by atoms with E-state index in [0.717, 1.165) is 10.5 Å². The maximum atomic E-state index is 14.9. The van der Waals surface area contributed by atoms with Gasteiger partial charge >= 0.3 is 12.1 Å². The molecule has 216 valence electrons. The molecule has 2 fully saturated rings. The number of ether oxygens (including phenoxy) is 1. The van der Waals surface area contributed by atoms with Gasteiger partial charge in [-0.15, -0.1) is 0 Å². The molecule has 0 aliphatic carbocycles. The van der Waals surface area contributed by atoms with Gasteiger partial charge in [0.15, 0.2) is 5.54 Å². The average molecular weight is 612 g/mol. The van der Waals surface area contributed by atoms with E-state index < -0.39 is 46.2 Å². The summed E-state index contributed by atoms with van der Waals surface area (Å²) >= 11 is 6.26. The van der Waals surface area contributed by atoms with E-state index in [2.05, 4.69) is 5.32 Å². The van der Waals surface area contributed by atoms with Gasteiger partial charge in [-0.3, -0.25) is 24.6 Å². The highest BCUT2D eigenvalue weighted by Crippen LogP contribution is 2.64. The summed E-state index contributed by atoms with van der Waals surface area (Å²) in [6.07, 6.45) is -5.03. The summed E-state index contributed by atoms with van der Waals surface area (Å²) in [7, 11) is 0. The molecule has 4 atom stereocenters. The minimum atomic E-state index is -5.03. The van der Waals surface area contributed by atoms with Gasteiger partial charge in [-0.05, 0) is 30.7 Å². The van der Waals surface area contributed by atoms with Crippen LogP contribution in [-0.2, 0) is 31.2 Å². The number of rotatable bonds is 5. The Morgan fingerprint density at radius 1 is 0.976 bits per heavy atom. The number of carbonyl (C=O) groups excluding carboxylic acids is 3. The Morgan fingerprint density at radius 2 is 1.60 bits per heavy atom.